The molecule has 4 rings (SSSR count). The summed E-state index contributed by atoms with van der Waals surface area (Å²) in [6, 6.07) is 12.2. The molecule has 1 N–H and O–H groups in total. The molecular weight excluding hydrogens is 418 g/mol. The van der Waals surface area contributed by atoms with Gasteiger partial charge in [0, 0.05) is 25.1 Å². The number of nitrogens with one attached hydrogen (secondary N) is 1. The Morgan fingerprint density at radius 2 is 2.00 bits per heavy atom. The van der Waals surface area contributed by atoms with Crippen molar-refractivity contribution in [2.45, 2.75) is 38.3 Å². The lowest BCUT2D eigenvalue weighted by Crippen LogP contribution is -2.62. The zero-order chi connectivity index (χ0) is 22.2. The van der Waals surface area contributed by atoms with E-state index in [1.165, 1.54) is 7.11 Å². The van der Waals surface area contributed by atoms with Gasteiger partial charge in [0.05, 0.1) is 23.4 Å². The highest BCUT2D eigenvalue weighted by molar-refractivity contribution is 6.32. The highest BCUT2D eigenvalue weighted by Gasteiger charge is 2.52. The molecule has 31 heavy (non-hydrogen) atoms. The van der Waals surface area contributed by atoms with Crippen LogP contribution >= 0.6 is 11.6 Å². The molecule has 0 aromatic heterocycles. The Balaban J connectivity index is 1.43. The Hall–Kier alpha value is -3.06. The highest BCUT2D eigenvalue weighted by atomic mass is 35.5. The zero-order valence-corrected chi connectivity index (χ0v) is 18.2. The van der Waals surface area contributed by atoms with Gasteiger partial charge in [-0.3, -0.25) is 19.3 Å². The first-order valence-electron chi connectivity index (χ1n) is 10.2. The van der Waals surface area contributed by atoms with Crippen LogP contribution in [0.4, 0.5) is 11.4 Å². The molecule has 1 fully saturated rings. The first-order chi connectivity index (χ1) is 14.8. The predicted octanol–water partition coefficient (Wildman–Crippen LogP) is 4.07. The van der Waals surface area contributed by atoms with E-state index in [9.17, 15) is 14.4 Å². The van der Waals surface area contributed by atoms with Crippen LogP contribution < -0.4 is 15.0 Å². The van der Waals surface area contributed by atoms with Crippen LogP contribution in [0.15, 0.2) is 42.5 Å². The van der Waals surface area contributed by atoms with E-state index in [0.717, 1.165) is 0 Å². The van der Waals surface area contributed by atoms with Gasteiger partial charge in [-0.05, 0) is 50.1 Å². The van der Waals surface area contributed by atoms with Crippen LogP contribution in [0.1, 0.15) is 43.0 Å². The van der Waals surface area contributed by atoms with Crippen LogP contribution in [0.25, 0.3) is 0 Å². The fourth-order valence-corrected chi connectivity index (χ4v) is 4.66. The van der Waals surface area contributed by atoms with E-state index >= 15 is 0 Å². The molecule has 1 saturated heterocycles. The van der Waals surface area contributed by atoms with E-state index in [-0.39, 0.29) is 24.1 Å². The predicted molar refractivity (Wildman–Crippen MR) is 118 cm³/mol. The van der Waals surface area contributed by atoms with Gasteiger partial charge in [0.2, 0.25) is 11.8 Å². The van der Waals surface area contributed by atoms with E-state index in [4.69, 9.17) is 16.3 Å². The molecule has 1 atom stereocenters. The molecule has 162 valence electrons. The second-order valence-electron chi connectivity index (χ2n) is 7.92. The van der Waals surface area contributed by atoms with E-state index < -0.39 is 5.66 Å². The minimum Gasteiger partial charge on any atom is -0.495 e. The lowest BCUT2D eigenvalue weighted by Gasteiger charge is -2.48. The average molecular weight is 442 g/mol. The molecule has 2 aliphatic rings. The Morgan fingerprint density at radius 1 is 1.23 bits per heavy atom. The molecule has 8 heteroatoms. The number of methoxy groups -OCH3 is 1. The Morgan fingerprint density at radius 3 is 2.74 bits per heavy atom. The third-order valence-corrected chi connectivity index (χ3v) is 6.26. The molecule has 0 saturated carbocycles. The summed E-state index contributed by atoms with van der Waals surface area (Å²) < 4.78 is 5.11. The molecule has 0 unspecified atom stereocenters. The van der Waals surface area contributed by atoms with E-state index in [0.29, 0.717) is 53.5 Å². The molecule has 0 radical (unpaired) electrons. The average Bonchev–Trinajstić information content (AvgIpc) is 3.06. The molecule has 3 amide bonds. The van der Waals surface area contributed by atoms with Gasteiger partial charge in [-0.25, -0.2) is 0 Å². The van der Waals surface area contributed by atoms with E-state index in [1.807, 2.05) is 19.1 Å². The van der Waals surface area contributed by atoms with Gasteiger partial charge in [-0.1, -0.05) is 23.7 Å². The number of hydrogen-bond acceptors (Lipinski definition) is 4. The second kappa shape index (κ2) is 8.23. The number of nitrogens with zero attached hydrogens (tertiary/aromatic N) is 2. The topological polar surface area (TPSA) is 79.0 Å². The largest absolute Gasteiger partial charge is 0.495 e. The quantitative estimate of drug-likeness (QED) is 0.733. The van der Waals surface area contributed by atoms with E-state index in [2.05, 4.69) is 5.32 Å². The summed E-state index contributed by atoms with van der Waals surface area (Å²) in [5.74, 6) is 0.274. The van der Waals surface area contributed by atoms with Gasteiger partial charge in [0.1, 0.15) is 11.4 Å². The Kier molecular flexibility index (Phi) is 5.62. The van der Waals surface area contributed by atoms with Gasteiger partial charge in [0.25, 0.3) is 5.91 Å². The second-order valence-corrected chi connectivity index (χ2v) is 8.33. The standard InChI is InChI=1S/C23H24ClN3O4/c1-23-12-11-21(29)27(23)18-7-4-3-6-16(18)22(30)26(23)13-5-8-20(28)25-15-9-10-19(31-2)17(24)14-15/h3-4,6-7,9-10,14H,5,8,11-13H2,1-2H3,(H,25,28)/t23-/m1/s1. The third-order valence-electron chi connectivity index (χ3n) is 5.97. The summed E-state index contributed by atoms with van der Waals surface area (Å²) in [5, 5.41) is 3.23. The van der Waals surface area contributed by atoms with Crippen LogP contribution in [-0.2, 0) is 9.59 Å². The summed E-state index contributed by atoms with van der Waals surface area (Å²) in [6.45, 7) is 2.30. The first kappa shape index (κ1) is 21.2. The number of anilines is 2. The van der Waals surface area contributed by atoms with Gasteiger partial charge < -0.3 is 15.0 Å². The SMILES string of the molecule is COc1ccc(NC(=O)CCCN2C(=O)c3ccccc3N3C(=O)CC[C@]23C)cc1Cl. The Bertz CT molecular complexity index is 1060. The molecule has 0 aliphatic carbocycles. The minimum absolute atomic E-state index is 0.0153. The molecular formula is C23H24ClN3O4. The number of carbonyl (C=O) groups is 3. The number of fused-ring (bicyclic) bond motifs is 3. The zero-order valence-electron chi connectivity index (χ0n) is 17.5. The lowest BCUT2D eigenvalue weighted by molar-refractivity contribution is -0.118. The van der Waals surface area contributed by atoms with Crippen LogP contribution in [0.2, 0.25) is 5.02 Å². The van der Waals surface area contributed by atoms with E-state index in [1.54, 1.807) is 40.1 Å². The smallest absolute Gasteiger partial charge is 0.257 e. The summed E-state index contributed by atoms with van der Waals surface area (Å²) in [6.07, 6.45) is 1.68. The lowest BCUT2D eigenvalue weighted by atomic mass is 9.98. The normalized spacial score (nSPS) is 19.8. The highest BCUT2D eigenvalue weighted by Crippen LogP contribution is 2.44. The van der Waals surface area contributed by atoms with Crippen molar-refractivity contribution in [1.82, 2.24) is 4.90 Å². The molecule has 7 nitrogen and oxygen atoms in total. The molecule has 2 aromatic carbocycles. The van der Waals surface area contributed by atoms with Crippen LogP contribution in [0.3, 0.4) is 0 Å². The van der Waals surface area contributed by atoms with Crippen LogP contribution in [0, 0.1) is 0 Å². The minimum atomic E-state index is -0.706. The van der Waals surface area contributed by atoms with Crippen molar-refractivity contribution in [1.29, 1.82) is 0 Å². The monoisotopic (exact) mass is 441 g/mol. The number of halogens is 1. The van der Waals surface area contributed by atoms with Gasteiger partial charge in [-0.15, -0.1) is 0 Å². The number of carbonyl (C=O) groups excluding carboxylic acids is 3. The summed E-state index contributed by atoms with van der Waals surface area (Å²) in [4.78, 5) is 41.7. The van der Waals surface area contributed by atoms with Gasteiger partial charge in [0.15, 0.2) is 0 Å². The van der Waals surface area contributed by atoms with Crippen molar-refractivity contribution >= 4 is 40.7 Å². The van der Waals surface area contributed by atoms with Gasteiger partial charge >= 0.3 is 0 Å². The number of ether oxygens (including phenoxy) is 1. The number of hydrogen-bond donors (Lipinski definition) is 1. The number of amides is 3. The van der Waals surface area contributed by atoms with Crippen molar-refractivity contribution in [2.24, 2.45) is 0 Å². The summed E-state index contributed by atoms with van der Waals surface area (Å²) in [5.41, 5.74) is 1.07. The van der Waals surface area contributed by atoms with Crippen molar-refractivity contribution in [3.8, 4) is 5.75 Å². The maximum Gasteiger partial charge on any atom is 0.257 e. The molecule has 2 aromatic rings. The Labute approximate surface area is 185 Å². The van der Waals surface area contributed by atoms with Crippen LogP contribution in [0.5, 0.6) is 5.75 Å². The maximum absolute atomic E-state index is 13.2. The molecule has 2 heterocycles. The van der Waals surface area contributed by atoms with Crippen molar-refractivity contribution in [3.05, 3.63) is 53.1 Å². The third kappa shape index (κ3) is 3.74. The first-order valence-corrected chi connectivity index (χ1v) is 10.6. The van der Waals surface area contributed by atoms with Crippen molar-refractivity contribution in [3.63, 3.8) is 0 Å². The summed E-state index contributed by atoms with van der Waals surface area (Å²) >= 11 is 6.10. The summed E-state index contributed by atoms with van der Waals surface area (Å²) in [7, 11) is 1.53. The van der Waals surface area contributed by atoms with Crippen molar-refractivity contribution < 1.29 is 19.1 Å². The maximum atomic E-state index is 13.2. The fraction of sp³-hybridized carbons (Fsp3) is 0.348. The fourth-order valence-electron chi connectivity index (χ4n) is 4.41. The van der Waals surface area contributed by atoms with Crippen LogP contribution in [-0.4, -0.2) is 41.9 Å². The number of benzene rings is 2. The number of para-hydroxylation sites is 1. The molecule has 2 aliphatic heterocycles. The number of rotatable bonds is 6. The van der Waals surface area contributed by atoms with Crippen molar-refractivity contribution in [2.75, 3.05) is 23.9 Å². The van der Waals surface area contributed by atoms with Gasteiger partial charge in [-0.2, -0.15) is 0 Å². The molecule has 0 bridgehead atoms. The molecule has 0 spiro atoms.